The lowest BCUT2D eigenvalue weighted by molar-refractivity contribution is 0.354. The smallest absolute Gasteiger partial charge is 0.223 e. The number of fused-ring (bicyclic) bond motifs is 1. The molecule has 2 aromatic rings. The molecule has 1 aliphatic carbocycles. The van der Waals surface area contributed by atoms with E-state index >= 15 is 0 Å². The molecule has 20 heavy (non-hydrogen) atoms. The van der Waals surface area contributed by atoms with E-state index in [1.54, 1.807) is 0 Å². The number of nitrogens with zero attached hydrogens (tertiary/aromatic N) is 3. The molecule has 0 saturated heterocycles. The highest BCUT2D eigenvalue weighted by molar-refractivity contribution is 5.35. The predicted molar refractivity (Wildman–Crippen MR) is 75.0 cm³/mol. The maximum Gasteiger partial charge on any atom is 0.223 e. The van der Waals surface area contributed by atoms with Crippen LogP contribution in [0.15, 0.2) is 24.3 Å². The molecule has 2 N–H and O–H groups in total. The van der Waals surface area contributed by atoms with Crippen LogP contribution in [0.1, 0.15) is 48.2 Å². The first-order valence-corrected chi connectivity index (χ1v) is 6.85. The summed E-state index contributed by atoms with van der Waals surface area (Å²) in [5, 5.41) is 0. The highest BCUT2D eigenvalue weighted by Gasteiger charge is 2.23. The molecule has 0 radical (unpaired) electrons. The fraction of sp³-hybridized carbons (Fsp3) is 0.400. The first-order valence-electron chi connectivity index (χ1n) is 6.85. The molecule has 2 atom stereocenters. The van der Waals surface area contributed by atoms with Gasteiger partial charge in [-0.05, 0) is 36.8 Å². The van der Waals surface area contributed by atoms with Crippen molar-refractivity contribution in [3.63, 3.8) is 0 Å². The number of hydrogen-bond donors (Lipinski definition) is 1. The van der Waals surface area contributed by atoms with E-state index in [1.165, 1.54) is 18.1 Å². The highest BCUT2D eigenvalue weighted by atomic mass is 19.1. The fourth-order valence-corrected chi connectivity index (χ4v) is 2.80. The summed E-state index contributed by atoms with van der Waals surface area (Å²) in [6.45, 7) is 1.41. The lowest BCUT2D eigenvalue weighted by atomic mass is 9.97. The van der Waals surface area contributed by atoms with E-state index in [4.69, 9.17) is 5.73 Å². The van der Waals surface area contributed by atoms with E-state index in [2.05, 4.69) is 33.2 Å². The summed E-state index contributed by atoms with van der Waals surface area (Å²) in [7, 11) is 0. The zero-order valence-electron chi connectivity index (χ0n) is 11.4. The van der Waals surface area contributed by atoms with Crippen LogP contribution in [0.4, 0.5) is 10.3 Å². The van der Waals surface area contributed by atoms with E-state index in [-0.39, 0.29) is 11.8 Å². The maximum atomic E-state index is 13.3. The van der Waals surface area contributed by atoms with Gasteiger partial charge in [-0.2, -0.15) is 9.97 Å². The number of aromatic nitrogens is 3. The maximum absolute atomic E-state index is 13.3. The van der Waals surface area contributed by atoms with Crippen LogP contribution in [0.2, 0.25) is 0 Å². The Kier molecular flexibility index (Phi) is 3.34. The fourth-order valence-electron chi connectivity index (χ4n) is 2.80. The minimum absolute atomic E-state index is 0.0979. The molecule has 104 valence electrons. The third-order valence-corrected chi connectivity index (χ3v) is 3.76. The molecule has 0 aliphatic heterocycles. The number of benzene rings is 1. The molecular formula is C15H17FN4. The van der Waals surface area contributed by atoms with Crippen molar-refractivity contribution in [3.05, 3.63) is 47.0 Å². The highest BCUT2D eigenvalue weighted by Crippen LogP contribution is 2.34. The van der Waals surface area contributed by atoms with Crippen molar-refractivity contribution >= 4 is 5.95 Å². The Bertz CT molecular complexity index is 627. The molecule has 5 heteroatoms. The quantitative estimate of drug-likeness (QED) is 0.933. The third-order valence-electron chi connectivity index (χ3n) is 3.76. The van der Waals surface area contributed by atoms with E-state index in [1.807, 2.05) is 6.07 Å². The average Bonchev–Trinajstić information content (AvgIpc) is 2.82. The van der Waals surface area contributed by atoms with Crippen LogP contribution in [0.3, 0.4) is 0 Å². The summed E-state index contributed by atoms with van der Waals surface area (Å²) in [5.41, 5.74) is 8.37. The molecule has 0 amide bonds. The molecule has 0 bridgehead atoms. The van der Waals surface area contributed by atoms with E-state index in [9.17, 15) is 4.39 Å². The van der Waals surface area contributed by atoms with Gasteiger partial charge in [0.05, 0.1) is 0 Å². The molecule has 1 aromatic heterocycles. The second-order valence-corrected chi connectivity index (χ2v) is 5.22. The molecule has 4 nitrogen and oxygen atoms in total. The van der Waals surface area contributed by atoms with Gasteiger partial charge in [-0.25, -0.2) is 9.37 Å². The first-order chi connectivity index (χ1) is 9.63. The average molecular weight is 272 g/mol. The van der Waals surface area contributed by atoms with Crippen molar-refractivity contribution < 1.29 is 4.39 Å². The zero-order chi connectivity index (χ0) is 14.1. The Morgan fingerprint density at radius 1 is 1.30 bits per heavy atom. The van der Waals surface area contributed by atoms with Gasteiger partial charge in [-0.3, -0.25) is 0 Å². The predicted octanol–water partition coefficient (Wildman–Crippen LogP) is 2.76. The van der Waals surface area contributed by atoms with Gasteiger partial charge < -0.3 is 5.73 Å². The Morgan fingerprint density at radius 2 is 2.10 bits per heavy atom. The van der Waals surface area contributed by atoms with Crippen molar-refractivity contribution in [2.45, 2.75) is 38.3 Å². The minimum atomic E-state index is -1.23. The van der Waals surface area contributed by atoms with Crippen LogP contribution in [-0.2, 0) is 12.8 Å². The van der Waals surface area contributed by atoms with E-state index < -0.39 is 6.17 Å². The van der Waals surface area contributed by atoms with Gasteiger partial charge in [0, 0.05) is 6.42 Å². The molecule has 0 spiro atoms. The van der Waals surface area contributed by atoms with Gasteiger partial charge >= 0.3 is 0 Å². The third kappa shape index (κ3) is 2.48. The van der Waals surface area contributed by atoms with E-state index in [0.717, 1.165) is 12.8 Å². The van der Waals surface area contributed by atoms with Crippen LogP contribution >= 0.6 is 0 Å². The standard InChI is InChI=1S/C15H17FN4/c1-9(16)14-18-13(19-15(17)20-14)8-11-7-6-10-4-2-3-5-12(10)11/h2-5,9,11H,6-8H2,1H3,(H2,17,18,19,20)/t9-,11+/m1/s1. The molecule has 0 saturated carbocycles. The van der Waals surface area contributed by atoms with Crippen molar-refractivity contribution in [1.29, 1.82) is 0 Å². The van der Waals surface area contributed by atoms with Crippen LogP contribution in [0.5, 0.6) is 0 Å². The van der Waals surface area contributed by atoms with Crippen molar-refractivity contribution in [2.24, 2.45) is 0 Å². The van der Waals surface area contributed by atoms with Gasteiger partial charge in [0.25, 0.3) is 0 Å². The molecular weight excluding hydrogens is 255 g/mol. The number of nitrogen functional groups attached to an aromatic ring is 1. The molecule has 0 fully saturated rings. The van der Waals surface area contributed by atoms with Crippen LogP contribution < -0.4 is 5.73 Å². The molecule has 0 unspecified atom stereocenters. The molecule has 3 rings (SSSR count). The summed E-state index contributed by atoms with van der Waals surface area (Å²) in [5.74, 6) is 1.19. The van der Waals surface area contributed by atoms with Gasteiger partial charge in [0.15, 0.2) is 12.0 Å². The van der Waals surface area contributed by atoms with Crippen LogP contribution in [0, 0.1) is 0 Å². The van der Waals surface area contributed by atoms with Crippen molar-refractivity contribution in [2.75, 3.05) is 5.73 Å². The normalized spacial score (nSPS) is 18.8. The zero-order valence-corrected chi connectivity index (χ0v) is 11.4. The van der Waals surface area contributed by atoms with Crippen molar-refractivity contribution in [3.8, 4) is 0 Å². The van der Waals surface area contributed by atoms with Gasteiger partial charge in [0.2, 0.25) is 5.95 Å². The van der Waals surface area contributed by atoms with Gasteiger partial charge in [-0.1, -0.05) is 24.3 Å². The summed E-state index contributed by atoms with van der Waals surface area (Å²) in [6.07, 6.45) is 1.61. The monoisotopic (exact) mass is 272 g/mol. The second-order valence-electron chi connectivity index (χ2n) is 5.22. The van der Waals surface area contributed by atoms with Gasteiger partial charge in [0.1, 0.15) is 5.82 Å². The Hall–Kier alpha value is -2.04. The van der Waals surface area contributed by atoms with Crippen LogP contribution in [0.25, 0.3) is 0 Å². The minimum Gasteiger partial charge on any atom is -0.368 e. The molecule has 1 aliphatic rings. The summed E-state index contributed by atoms with van der Waals surface area (Å²) < 4.78 is 13.3. The lowest BCUT2D eigenvalue weighted by Gasteiger charge is -2.11. The van der Waals surface area contributed by atoms with Crippen molar-refractivity contribution in [1.82, 2.24) is 15.0 Å². The van der Waals surface area contributed by atoms with E-state index in [0.29, 0.717) is 18.2 Å². The number of anilines is 1. The molecule has 1 heterocycles. The number of aryl methyl sites for hydroxylation is 1. The number of nitrogens with two attached hydrogens (primary N) is 1. The second kappa shape index (κ2) is 5.15. The summed E-state index contributed by atoms with van der Waals surface area (Å²) in [4.78, 5) is 12.2. The SMILES string of the molecule is C[C@@H](F)c1nc(N)nc(C[C@@H]2CCc3ccccc32)n1. The number of rotatable bonds is 3. The largest absolute Gasteiger partial charge is 0.368 e. The van der Waals surface area contributed by atoms with Gasteiger partial charge in [-0.15, -0.1) is 0 Å². The Labute approximate surface area is 117 Å². The first kappa shape index (κ1) is 13.0. The summed E-state index contributed by atoms with van der Waals surface area (Å²) >= 11 is 0. The number of hydrogen-bond acceptors (Lipinski definition) is 4. The Balaban J connectivity index is 1.86. The summed E-state index contributed by atoms with van der Waals surface area (Å²) in [6, 6.07) is 8.42. The topological polar surface area (TPSA) is 64.7 Å². The number of halogens is 1. The molecule has 1 aromatic carbocycles. The number of alkyl halides is 1. The van der Waals surface area contributed by atoms with Crippen LogP contribution in [-0.4, -0.2) is 15.0 Å². The Morgan fingerprint density at radius 3 is 2.90 bits per heavy atom. The lowest BCUT2D eigenvalue weighted by Crippen LogP contribution is -2.10.